The van der Waals surface area contributed by atoms with Crippen molar-refractivity contribution in [2.24, 2.45) is 0 Å². The summed E-state index contributed by atoms with van der Waals surface area (Å²) >= 11 is 0. The van der Waals surface area contributed by atoms with Crippen LogP contribution in [0, 0.1) is 27.7 Å². The molecule has 30 heavy (non-hydrogen) atoms. The maximum Gasteiger partial charge on any atom is 0.147 e. The Morgan fingerprint density at radius 2 is 1.63 bits per heavy atom. The van der Waals surface area contributed by atoms with Crippen molar-refractivity contribution in [2.45, 2.75) is 54.4 Å². The van der Waals surface area contributed by atoms with Gasteiger partial charge in [0.2, 0.25) is 0 Å². The molecule has 0 aliphatic rings. The first-order valence-electron chi connectivity index (χ1n) is 11.2. The number of fused-ring (bicyclic) bond motifs is 3. The Hall–Kier alpha value is -2.81. The Balaban J connectivity index is 2.13. The van der Waals surface area contributed by atoms with E-state index in [-0.39, 0.29) is 0 Å². The molecule has 4 aromatic rings. The van der Waals surface area contributed by atoms with E-state index in [4.69, 9.17) is 4.98 Å². The molecule has 0 spiro atoms. The highest BCUT2D eigenvalue weighted by Gasteiger charge is 2.21. The van der Waals surface area contributed by atoms with Crippen LogP contribution in [0.3, 0.4) is 0 Å². The zero-order valence-electron chi connectivity index (χ0n) is 19.2. The van der Waals surface area contributed by atoms with Gasteiger partial charge in [-0.25, -0.2) is 4.98 Å². The summed E-state index contributed by atoms with van der Waals surface area (Å²) in [6.07, 6.45) is 2.40. The predicted molar refractivity (Wildman–Crippen MR) is 130 cm³/mol. The summed E-state index contributed by atoms with van der Waals surface area (Å²) in [5.41, 5.74) is 9.81. The number of aromatic nitrogens is 2. The van der Waals surface area contributed by atoms with Crippen LogP contribution in [-0.2, 0) is 0 Å². The summed E-state index contributed by atoms with van der Waals surface area (Å²) in [6.45, 7) is 15.3. The predicted octanol–water partition coefficient (Wildman–Crippen LogP) is 7.04. The number of hydrogen-bond donors (Lipinski definition) is 0. The number of nitrogens with zero attached hydrogens (tertiary/aromatic N) is 3. The summed E-state index contributed by atoms with van der Waals surface area (Å²) < 4.78 is 2.39. The van der Waals surface area contributed by atoms with Gasteiger partial charge in [-0.1, -0.05) is 49.2 Å². The summed E-state index contributed by atoms with van der Waals surface area (Å²) in [7, 11) is 0. The van der Waals surface area contributed by atoms with Gasteiger partial charge in [0, 0.05) is 24.2 Å². The van der Waals surface area contributed by atoms with Crippen molar-refractivity contribution >= 4 is 27.6 Å². The van der Waals surface area contributed by atoms with E-state index < -0.39 is 0 Å². The molecule has 2 heterocycles. The van der Waals surface area contributed by atoms with E-state index in [0.29, 0.717) is 0 Å². The third kappa shape index (κ3) is 3.36. The molecule has 2 aromatic carbocycles. The molecule has 3 heteroatoms. The minimum atomic E-state index is 1.00. The molecule has 0 unspecified atom stereocenters. The van der Waals surface area contributed by atoms with Gasteiger partial charge >= 0.3 is 0 Å². The second kappa shape index (κ2) is 8.14. The first-order valence-corrected chi connectivity index (χ1v) is 11.2. The van der Waals surface area contributed by atoms with E-state index in [1.165, 1.54) is 57.2 Å². The molecule has 3 nitrogen and oxygen atoms in total. The molecule has 2 aromatic heterocycles. The summed E-state index contributed by atoms with van der Waals surface area (Å²) in [5, 5.41) is 2.55. The molecule has 4 rings (SSSR count). The number of aryl methyl sites for hydroxylation is 4. The van der Waals surface area contributed by atoms with Crippen LogP contribution in [-0.4, -0.2) is 22.6 Å². The Morgan fingerprint density at radius 1 is 0.933 bits per heavy atom. The maximum absolute atomic E-state index is 5.09. The molecule has 0 atom stereocenters. The highest BCUT2D eigenvalue weighted by Crippen LogP contribution is 2.39. The van der Waals surface area contributed by atoms with Crippen LogP contribution < -0.4 is 4.90 Å². The van der Waals surface area contributed by atoms with Gasteiger partial charge in [0.25, 0.3) is 0 Å². The lowest BCUT2D eigenvalue weighted by Gasteiger charge is -2.24. The SMILES string of the molecule is CCCCN(CC)c1cc(C)nc2c1c1ccccc1n2-c1c(C)cc(C)cc1C. The van der Waals surface area contributed by atoms with Crippen LogP contribution in [0.1, 0.15) is 49.1 Å². The second-order valence-electron chi connectivity index (χ2n) is 8.51. The van der Waals surface area contributed by atoms with Crippen LogP contribution in [0.4, 0.5) is 5.69 Å². The molecule has 0 fully saturated rings. The van der Waals surface area contributed by atoms with Gasteiger partial charge in [-0.3, -0.25) is 4.57 Å². The Labute approximate surface area is 180 Å². The lowest BCUT2D eigenvalue weighted by molar-refractivity contribution is 0.733. The van der Waals surface area contributed by atoms with Crippen molar-refractivity contribution in [3.8, 4) is 5.69 Å². The van der Waals surface area contributed by atoms with Crippen LogP contribution in [0.5, 0.6) is 0 Å². The van der Waals surface area contributed by atoms with Crippen LogP contribution >= 0.6 is 0 Å². The van der Waals surface area contributed by atoms with E-state index >= 15 is 0 Å². The summed E-state index contributed by atoms with van der Waals surface area (Å²) in [6, 6.07) is 15.6. The fourth-order valence-electron chi connectivity index (χ4n) is 4.85. The van der Waals surface area contributed by atoms with Gasteiger partial charge in [0.05, 0.1) is 22.3 Å². The summed E-state index contributed by atoms with van der Waals surface area (Å²) in [4.78, 5) is 7.61. The lowest BCUT2D eigenvalue weighted by Crippen LogP contribution is -2.24. The van der Waals surface area contributed by atoms with E-state index in [1.54, 1.807) is 0 Å². The van der Waals surface area contributed by atoms with Crippen molar-refractivity contribution in [1.29, 1.82) is 0 Å². The van der Waals surface area contributed by atoms with Gasteiger partial charge in [0.1, 0.15) is 5.65 Å². The van der Waals surface area contributed by atoms with Crippen molar-refractivity contribution in [3.05, 3.63) is 64.8 Å². The third-order valence-corrected chi connectivity index (χ3v) is 6.10. The Bertz CT molecular complexity index is 1190. The second-order valence-corrected chi connectivity index (χ2v) is 8.51. The first kappa shape index (κ1) is 20.5. The fourth-order valence-corrected chi connectivity index (χ4v) is 4.85. The zero-order valence-corrected chi connectivity index (χ0v) is 19.2. The molecular weight excluding hydrogens is 366 g/mol. The zero-order chi connectivity index (χ0) is 21.4. The average molecular weight is 400 g/mol. The number of hydrogen-bond acceptors (Lipinski definition) is 2. The minimum absolute atomic E-state index is 1.00. The van der Waals surface area contributed by atoms with Crippen LogP contribution in [0.25, 0.3) is 27.6 Å². The molecule has 0 aliphatic heterocycles. The molecule has 0 N–H and O–H groups in total. The number of unbranched alkanes of at least 4 members (excludes halogenated alkanes) is 1. The van der Waals surface area contributed by atoms with Gasteiger partial charge in [-0.05, 0) is 64.3 Å². The first-order chi connectivity index (χ1) is 14.5. The molecule has 0 radical (unpaired) electrons. The quantitative estimate of drug-likeness (QED) is 0.347. The van der Waals surface area contributed by atoms with E-state index in [9.17, 15) is 0 Å². The normalized spacial score (nSPS) is 11.5. The van der Waals surface area contributed by atoms with E-state index in [1.807, 2.05) is 0 Å². The number of para-hydroxylation sites is 1. The molecule has 0 aliphatic carbocycles. The van der Waals surface area contributed by atoms with Crippen molar-refractivity contribution in [1.82, 2.24) is 9.55 Å². The van der Waals surface area contributed by atoms with E-state index in [0.717, 1.165) is 24.4 Å². The topological polar surface area (TPSA) is 21.1 Å². The molecule has 156 valence electrons. The van der Waals surface area contributed by atoms with Gasteiger partial charge in [-0.15, -0.1) is 0 Å². The van der Waals surface area contributed by atoms with Crippen molar-refractivity contribution in [2.75, 3.05) is 18.0 Å². The number of benzene rings is 2. The van der Waals surface area contributed by atoms with Crippen molar-refractivity contribution in [3.63, 3.8) is 0 Å². The highest BCUT2D eigenvalue weighted by molar-refractivity contribution is 6.14. The van der Waals surface area contributed by atoms with Crippen LogP contribution in [0.2, 0.25) is 0 Å². The van der Waals surface area contributed by atoms with Gasteiger partial charge in [-0.2, -0.15) is 0 Å². The summed E-state index contributed by atoms with van der Waals surface area (Å²) in [5.74, 6) is 0. The lowest BCUT2D eigenvalue weighted by atomic mass is 10.0. The number of anilines is 1. The molecule has 0 saturated heterocycles. The molecular formula is C27H33N3. The smallest absolute Gasteiger partial charge is 0.147 e. The largest absolute Gasteiger partial charge is 0.371 e. The maximum atomic E-state index is 5.09. The van der Waals surface area contributed by atoms with Crippen molar-refractivity contribution < 1.29 is 0 Å². The van der Waals surface area contributed by atoms with E-state index in [2.05, 4.69) is 93.5 Å². The molecule has 0 saturated carbocycles. The Kier molecular flexibility index (Phi) is 5.55. The molecule has 0 amide bonds. The van der Waals surface area contributed by atoms with Gasteiger partial charge in [0.15, 0.2) is 0 Å². The highest BCUT2D eigenvalue weighted by atomic mass is 15.1. The molecule has 0 bridgehead atoms. The van der Waals surface area contributed by atoms with Gasteiger partial charge < -0.3 is 4.90 Å². The Morgan fingerprint density at radius 3 is 2.30 bits per heavy atom. The number of pyridine rings is 1. The fraction of sp³-hybridized carbons (Fsp3) is 0.370. The third-order valence-electron chi connectivity index (χ3n) is 6.10. The number of rotatable bonds is 6. The van der Waals surface area contributed by atoms with Crippen LogP contribution in [0.15, 0.2) is 42.5 Å². The monoisotopic (exact) mass is 399 g/mol. The average Bonchev–Trinajstić information content (AvgIpc) is 3.02. The standard InChI is InChI=1S/C27H33N3/c1-7-9-14-29(8-2)24-17-21(6)28-27-25(24)22-12-10-11-13-23(22)30(27)26-19(4)15-18(3)16-20(26)5/h10-13,15-17H,7-9,14H2,1-6H3. The minimum Gasteiger partial charge on any atom is -0.371 e.